The van der Waals surface area contributed by atoms with Crippen molar-refractivity contribution in [3.8, 4) is 0 Å². The molecule has 2 saturated carbocycles. The van der Waals surface area contributed by atoms with Crippen molar-refractivity contribution in [2.45, 2.75) is 142 Å². The normalized spacial score (nSPS) is 22.1. The molecule has 6 aromatic carbocycles. The third kappa shape index (κ3) is 5.82. The van der Waals surface area contributed by atoms with Crippen LogP contribution in [0.2, 0.25) is 4.78 Å². The molecule has 2 bridgehead atoms. The standard InChI is InChI=1S/C53H56NPSi.C7H11.Al/c1-50(2,3)36-18-24-40(25-19-36)56(41-26-20-37(21-27-41)51(4,5)6)46-16-14-13-15-42(46)54-43-33-39(53(10,11)12)23-29-45(43)55-44-28-22-38(52(7,8)9)32-35(44)31-34-17-30-47(56)48(54)49(34)55;1-2-7-4-3-6(1)5-7;/h13-27,30,32-33H,31H2,1-12H3;1,6-7H,2-5H2;. The summed E-state index contributed by atoms with van der Waals surface area (Å²) in [7, 11) is -3.66. The van der Waals surface area contributed by atoms with Gasteiger partial charge in [-0.15, -0.1) is 0 Å². The first-order valence-corrected chi connectivity index (χ1v) is 29.8. The molecule has 64 heavy (non-hydrogen) atoms. The van der Waals surface area contributed by atoms with E-state index in [9.17, 15) is 0 Å². The quantitative estimate of drug-likeness (QED) is 0.126. The molecule has 1 nitrogen and oxygen atoms in total. The lowest BCUT2D eigenvalue weighted by molar-refractivity contribution is 0.476. The van der Waals surface area contributed by atoms with Crippen LogP contribution in [0.4, 0.5) is 17.1 Å². The van der Waals surface area contributed by atoms with E-state index in [1.807, 2.05) is 8.85 Å². The van der Waals surface area contributed by atoms with Crippen molar-refractivity contribution in [1.82, 2.24) is 0 Å². The molecule has 0 saturated heterocycles. The fourth-order valence-corrected chi connectivity index (χ4v) is 27.9. The minimum Gasteiger partial charge on any atom is -0.309 e. The average molecular weight is 888 g/mol. The van der Waals surface area contributed by atoms with Gasteiger partial charge in [0.15, 0.2) is 8.07 Å². The molecule has 0 amide bonds. The van der Waals surface area contributed by atoms with Crippen molar-refractivity contribution < 1.29 is 0 Å². The van der Waals surface area contributed by atoms with E-state index >= 15 is 0 Å². The minimum atomic E-state index is -2.90. The molecule has 2 fully saturated rings. The SMILES string of the molecule is CC(C)(C)c1ccc([Si]2(c3ccc(C(C)(C)C)cc3)c3ccccc3N3c4cc(C(C)(C)C)c[c]5c4P4c6c(cc(C(C)(C)C)c[c]6[Al]5[CH]5CC6CCC5C6)Cc5ccc2c3c54)cc1. The number of fused-ring (bicyclic) bond motifs is 5. The molecule has 4 heterocycles. The van der Waals surface area contributed by atoms with Gasteiger partial charge in [0.05, 0.1) is 11.4 Å². The smallest absolute Gasteiger partial charge is 0.309 e. The molecule has 0 radical (unpaired) electrons. The summed E-state index contributed by atoms with van der Waals surface area (Å²) >= 11 is -1.66. The van der Waals surface area contributed by atoms with E-state index in [0.29, 0.717) is 0 Å². The van der Waals surface area contributed by atoms with E-state index in [4.69, 9.17) is 0 Å². The summed E-state index contributed by atoms with van der Waals surface area (Å²) in [5, 5.41) is 11.3. The fourth-order valence-electron chi connectivity index (χ4n) is 13.7. The van der Waals surface area contributed by atoms with E-state index < -0.39 is 30.1 Å². The summed E-state index contributed by atoms with van der Waals surface area (Å²) in [6.45, 7) is 28.9. The first kappa shape index (κ1) is 41.7. The van der Waals surface area contributed by atoms with Crippen LogP contribution in [0.1, 0.15) is 142 Å². The molecule has 4 atom stereocenters. The van der Waals surface area contributed by atoms with Crippen LogP contribution in [-0.2, 0) is 28.1 Å². The second-order valence-corrected chi connectivity index (χ2v) is 33.9. The monoisotopic (exact) mass is 887 g/mol. The van der Waals surface area contributed by atoms with Crippen molar-refractivity contribution in [1.29, 1.82) is 0 Å². The highest BCUT2D eigenvalue weighted by Crippen LogP contribution is 2.57. The van der Waals surface area contributed by atoms with Gasteiger partial charge >= 0.3 is 14.1 Å². The highest BCUT2D eigenvalue weighted by Gasteiger charge is 2.57. The molecule has 324 valence electrons. The van der Waals surface area contributed by atoms with Crippen LogP contribution in [0.3, 0.4) is 0 Å². The second-order valence-electron chi connectivity index (χ2n) is 25.1. The zero-order valence-corrected chi connectivity index (χ0v) is 43.7. The van der Waals surface area contributed by atoms with Crippen LogP contribution in [0.5, 0.6) is 0 Å². The molecule has 4 unspecified atom stereocenters. The van der Waals surface area contributed by atoms with Crippen LogP contribution in [-0.4, -0.2) is 22.2 Å². The molecular formula is C60H67AlNPSi. The first-order valence-electron chi connectivity index (χ1n) is 24.7. The summed E-state index contributed by atoms with van der Waals surface area (Å²) in [6, 6.07) is 46.1. The second kappa shape index (κ2) is 13.7. The Morgan fingerprint density at radius 2 is 1.09 bits per heavy atom. The maximum absolute atomic E-state index is 2.90. The van der Waals surface area contributed by atoms with Gasteiger partial charge in [-0.1, -0.05) is 213 Å². The molecule has 4 heteroatoms. The van der Waals surface area contributed by atoms with Crippen molar-refractivity contribution in [2.75, 3.05) is 4.90 Å². The predicted molar refractivity (Wildman–Crippen MR) is 282 cm³/mol. The van der Waals surface area contributed by atoms with Crippen LogP contribution in [0.15, 0.2) is 109 Å². The highest BCUT2D eigenvalue weighted by molar-refractivity contribution is 7.82. The maximum Gasteiger partial charge on any atom is 0.351 e. The summed E-state index contributed by atoms with van der Waals surface area (Å²) in [6.07, 6.45) is 6.88. The number of para-hydroxylation sites is 1. The number of benzene rings is 6. The van der Waals surface area contributed by atoms with E-state index in [2.05, 4.69) is 197 Å². The van der Waals surface area contributed by atoms with Gasteiger partial charge in [0.25, 0.3) is 0 Å². The fraction of sp³-hybridized carbons (Fsp3) is 0.400. The molecular weight excluding hydrogens is 821 g/mol. The first-order chi connectivity index (χ1) is 30.2. The molecule has 2 aliphatic carbocycles. The van der Waals surface area contributed by atoms with E-state index in [1.54, 1.807) is 37.8 Å². The van der Waals surface area contributed by atoms with Crippen LogP contribution >= 0.6 is 7.92 Å². The zero-order valence-electron chi connectivity index (χ0n) is 40.6. The largest absolute Gasteiger partial charge is 0.351 e. The summed E-state index contributed by atoms with van der Waals surface area (Å²) in [5.41, 5.74) is 13.9. The molecule has 6 aromatic rings. The van der Waals surface area contributed by atoms with Gasteiger partial charge < -0.3 is 4.90 Å². The van der Waals surface area contributed by atoms with Crippen molar-refractivity contribution in [3.63, 3.8) is 0 Å². The highest BCUT2D eigenvalue weighted by atomic mass is 31.1. The summed E-state index contributed by atoms with van der Waals surface area (Å²) in [5.74, 6) is 1.83. The van der Waals surface area contributed by atoms with Crippen molar-refractivity contribution in [3.05, 3.63) is 143 Å². The van der Waals surface area contributed by atoms with Gasteiger partial charge in [-0.2, -0.15) is 0 Å². The minimum absolute atomic E-state index is 0.0278. The summed E-state index contributed by atoms with van der Waals surface area (Å²) < 4.78 is 4.52. The van der Waals surface area contributed by atoms with Crippen LogP contribution in [0, 0.1) is 11.8 Å². The lowest BCUT2D eigenvalue weighted by Crippen LogP contribution is -2.78. The lowest BCUT2D eigenvalue weighted by atomic mass is 9.85. The van der Waals surface area contributed by atoms with E-state index in [-0.39, 0.29) is 21.7 Å². The molecule has 4 aliphatic heterocycles. The Bertz CT molecular complexity index is 2880. The Morgan fingerprint density at radius 1 is 0.516 bits per heavy atom. The van der Waals surface area contributed by atoms with Gasteiger partial charge in [0.1, 0.15) is 0 Å². The lowest BCUT2D eigenvalue weighted by Gasteiger charge is -2.53. The van der Waals surface area contributed by atoms with Crippen LogP contribution in [0.25, 0.3) is 0 Å². The van der Waals surface area contributed by atoms with Gasteiger partial charge in [-0.3, -0.25) is 0 Å². The molecule has 0 aromatic heterocycles. The Balaban J connectivity index is 1.22. The van der Waals surface area contributed by atoms with Crippen molar-refractivity contribution in [2.24, 2.45) is 11.8 Å². The Kier molecular flexibility index (Phi) is 8.93. The topological polar surface area (TPSA) is 3.24 Å². The van der Waals surface area contributed by atoms with Crippen molar-refractivity contribution >= 4 is 92.7 Å². The van der Waals surface area contributed by atoms with Gasteiger partial charge in [0, 0.05) is 11.0 Å². The predicted octanol–water partition coefficient (Wildman–Crippen LogP) is 10.1. The number of rotatable bonds is 3. The van der Waals surface area contributed by atoms with Gasteiger partial charge in [-0.25, -0.2) is 0 Å². The number of nitrogens with zero attached hydrogens (tertiary/aromatic N) is 1. The average Bonchev–Trinajstić information content (AvgIpc) is 3.88. The third-order valence-electron chi connectivity index (χ3n) is 17.0. The zero-order chi connectivity index (χ0) is 44.6. The molecule has 6 aliphatic rings. The Labute approximate surface area is 391 Å². The van der Waals surface area contributed by atoms with E-state index in [0.717, 1.165) is 23.0 Å². The van der Waals surface area contributed by atoms with Gasteiger partial charge in [0.2, 0.25) is 0 Å². The van der Waals surface area contributed by atoms with Crippen LogP contribution < -0.4 is 50.4 Å². The maximum atomic E-state index is 2.88. The number of hydrogen-bond acceptors (Lipinski definition) is 1. The number of anilines is 3. The Morgan fingerprint density at radius 3 is 1.66 bits per heavy atom. The number of hydrogen-bond donors (Lipinski definition) is 0. The van der Waals surface area contributed by atoms with E-state index in [1.165, 1.54) is 75.0 Å². The third-order valence-corrected chi connectivity index (χ3v) is 29.2. The molecule has 12 rings (SSSR count). The van der Waals surface area contributed by atoms with Gasteiger partial charge in [-0.05, 0) is 131 Å². The molecule has 0 N–H and O–H groups in total. The Hall–Kier alpha value is -3.70. The molecule has 0 spiro atoms. The summed E-state index contributed by atoms with van der Waals surface area (Å²) in [4.78, 5) is 2.88.